The van der Waals surface area contributed by atoms with Crippen LogP contribution in [0.5, 0.6) is 0 Å². The minimum Gasteiger partial charge on any atom is -0.372 e. The van der Waals surface area contributed by atoms with E-state index in [4.69, 9.17) is 4.74 Å². The lowest BCUT2D eigenvalue weighted by molar-refractivity contribution is -0.126. The van der Waals surface area contributed by atoms with E-state index in [1.165, 1.54) is 12.8 Å². The van der Waals surface area contributed by atoms with Gasteiger partial charge in [-0.15, -0.1) is 0 Å². The third kappa shape index (κ3) is 4.97. The molecule has 0 radical (unpaired) electrons. The Morgan fingerprint density at radius 1 is 1.50 bits per heavy atom. The Bertz CT molecular complexity index is 226. The molecule has 1 rings (SSSR count). The van der Waals surface area contributed by atoms with Gasteiger partial charge >= 0.3 is 0 Å². The third-order valence-corrected chi connectivity index (χ3v) is 3.15. The summed E-state index contributed by atoms with van der Waals surface area (Å²) in [4.78, 5) is 11.6. The summed E-state index contributed by atoms with van der Waals surface area (Å²) >= 11 is 0. The molecule has 1 fully saturated rings. The lowest BCUT2D eigenvalue weighted by Crippen LogP contribution is -2.42. The topological polar surface area (TPSA) is 38.3 Å². The highest BCUT2D eigenvalue weighted by Gasteiger charge is 2.28. The molecule has 16 heavy (non-hydrogen) atoms. The van der Waals surface area contributed by atoms with Crippen LogP contribution in [0, 0.1) is 5.41 Å². The van der Waals surface area contributed by atoms with Crippen molar-refractivity contribution in [2.45, 2.75) is 58.9 Å². The van der Waals surface area contributed by atoms with Crippen LogP contribution < -0.4 is 5.32 Å². The van der Waals surface area contributed by atoms with Crippen molar-refractivity contribution in [2.75, 3.05) is 13.2 Å². The van der Waals surface area contributed by atoms with Crippen molar-refractivity contribution >= 4 is 5.91 Å². The molecule has 0 spiro atoms. The first kappa shape index (κ1) is 13.5. The molecular formula is C13H25NO2. The van der Waals surface area contributed by atoms with Crippen LogP contribution >= 0.6 is 0 Å². The fourth-order valence-electron chi connectivity index (χ4n) is 2.40. The summed E-state index contributed by atoms with van der Waals surface area (Å²) in [5.41, 5.74) is 0.375. The van der Waals surface area contributed by atoms with Crippen LogP contribution in [0.3, 0.4) is 0 Å². The summed E-state index contributed by atoms with van der Waals surface area (Å²) in [5.74, 6) is 0.0381. The Morgan fingerprint density at radius 2 is 2.25 bits per heavy atom. The Balaban J connectivity index is 2.23. The number of carbonyl (C=O) groups is 1. The van der Waals surface area contributed by atoms with Crippen molar-refractivity contribution in [3.8, 4) is 0 Å². The quantitative estimate of drug-likeness (QED) is 0.733. The minimum atomic E-state index is 0.0381. The largest absolute Gasteiger partial charge is 0.372 e. The number of amides is 1. The van der Waals surface area contributed by atoms with Crippen molar-refractivity contribution in [3.05, 3.63) is 0 Å². The molecule has 1 saturated carbocycles. The molecule has 1 unspecified atom stereocenters. The van der Waals surface area contributed by atoms with Crippen LogP contribution in [0.15, 0.2) is 0 Å². The van der Waals surface area contributed by atoms with Crippen LogP contribution in [0.4, 0.5) is 0 Å². The zero-order valence-electron chi connectivity index (χ0n) is 10.8. The monoisotopic (exact) mass is 227 g/mol. The first-order chi connectivity index (χ1) is 7.53. The van der Waals surface area contributed by atoms with Gasteiger partial charge in [-0.25, -0.2) is 0 Å². The van der Waals surface area contributed by atoms with Gasteiger partial charge < -0.3 is 10.1 Å². The van der Waals surface area contributed by atoms with E-state index in [1.54, 1.807) is 0 Å². The fraction of sp³-hybridized carbons (Fsp3) is 0.923. The second-order valence-corrected chi connectivity index (χ2v) is 5.58. The minimum absolute atomic E-state index is 0.0381. The van der Waals surface area contributed by atoms with Gasteiger partial charge in [0.15, 0.2) is 0 Å². The molecule has 94 valence electrons. The molecule has 0 heterocycles. The molecule has 1 atom stereocenters. The molecule has 0 aliphatic heterocycles. The Labute approximate surface area is 98.9 Å². The maximum Gasteiger partial charge on any atom is 0.246 e. The van der Waals surface area contributed by atoms with Crippen molar-refractivity contribution in [2.24, 2.45) is 5.41 Å². The number of nitrogens with one attached hydrogen (secondary N) is 1. The standard InChI is InChI=1S/C13H25NO2/c1-4-8-16-10-12(15)14-11-6-5-7-13(2,3)9-11/h11H,4-10H2,1-3H3,(H,14,15). The second-order valence-electron chi connectivity index (χ2n) is 5.58. The summed E-state index contributed by atoms with van der Waals surface area (Å²) < 4.78 is 5.23. The van der Waals surface area contributed by atoms with Gasteiger partial charge in [-0.05, 0) is 31.1 Å². The van der Waals surface area contributed by atoms with Gasteiger partial charge in [0, 0.05) is 12.6 Å². The van der Waals surface area contributed by atoms with E-state index >= 15 is 0 Å². The van der Waals surface area contributed by atoms with Crippen LogP contribution in [0.1, 0.15) is 52.9 Å². The van der Waals surface area contributed by atoms with Crippen molar-refractivity contribution in [3.63, 3.8) is 0 Å². The Kier molecular flexibility index (Phi) is 5.26. The molecule has 0 aromatic heterocycles. The van der Waals surface area contributed by atoms with Crippen molar-refractivity contribution < 1.29 is 9.53 Å². The second kappa shape index (κ2) is 6.24. The summed E-state index contributed by atoms with van der Waals surface area (Å²) in [7, 11) is 0. The van der Waals surface area contributed by atoms with E-state index in [0.717, 1.165) is 19.3 Å². The average molecular weight is 227 g/mol. The van der Waals surface area contributed by atoms with Gasteiger partial charge in [0.25, 0.3) is 0 Å². The number of ether oxygens (including phenoxy) is 1. The van der Waals surface area contributed by atoms with E-state index in [1.807, 2.05) is 6.92 Å². The molecule has 1 aliphatic rings. The highest BCUT2D eigenvalue weighted by molar-refractivity contribution is 5.77. The molecule has 1 N–H and O–H groups in total. The lowest BCUT2D eigenvalue weighted by atomic mass is 9.75. The van der Waals surface area contributed by atoms with Crippen LogP contribution in [-0.2, 0) is 9.53 Å². The molecule has 0 bridgehead atoms. The zero-order chi connectivity index (χ0) is 12.0. The first-order valence-corrected chi connectivity index (χ1v) is 6.40. The molecule has 3 nitrogen and oxygen atoms in total. The maximum atomic E-state index is 11.6. The highest BCUT2D eigenvalue weighted by Crippen LogP contribution is 2.34. The van der Waals surface area contributed by atoms with Gasteiger partial charge in [0.2, 0.25) is 5.91 Å². The predicted molar refractivity (Wildman–Crippen MR) is 65.3 cm³/mol. The fourth-order valence-corrected chi connectivity index (χ4v) is 2.40. The van der Waals surface area contributed by atoms with E-state index in [9.17, 15) is 4.79 Å². The maximum absolute atomic E-state index is 11.6. The van der Waals surface area contributed by atoms with Crippen LogP contribution in [-0.4, -0.2) is 25.2 Å². The number of rotatable bonds is 5. The van der Waals surface area contributed by atoms with Gasteiger partial charge in [0.05, 0.1) is 0 Å². The zero-order valence-corrected chi connectivity index (χ0v) is 10.8. The third-order valence-electron chi connectivity index (χ3n) is 3.15. The molecular weight excluding hydrogens is 202 g/mol. The number of hydrogen-bond acceptors (Lipinski definition) is 2. The van der Waals surface area contributed by atoms with Crippen molar-refractivity contribution in [1.82, 2.24) is 5.32 Å². The summed E-state index contributed by atoms with van der Waals surface area (Å²) in [6.07, 6.45) is 5.65. The van der Waals surface area contributed by atoms with E-state index < -0.39 is 0 Å². The normalized spacial score (nSPS) is 24.1. The highest BCUT2D eigenvalue weighted by atomic mass is 16.5. The summed E-state index contributed by atoms with van der Waals surface area (Å²) in [6.45, 7) is 7.48. The molecule has 1 amide bonds. The first-order valence-electron chi connectivity index (χ1n) is 6.40. The van der Waals surface area contributed by atoms with Gasteiger partial charge in [-0.3, -0.25) is 4.79 Å². The van der Waals surface area contributed by atoms with Crippen LogP contribution in [0.25, 0.3) is 0 Å². The lowest BCUT2D eigenvalue weighted by Gasteiger charge is -2.35. The molecule has 0 aromatic rings. The SMILES string of the molecule is CCCOCC(=O)NC1CCCC(C)(C)C1. The summed E-state index contributed by atoms with van der Waals surface area (Å²) in [6, 6.07) is 0.349. The smallest absolute Gasteiger partial charge is 0.246 e. The Hall–Kier alpha value is -0.570. The number of carbonyl (C=O) groups excluding carboxylic acids is 1. The summed E-state index contributed by atoms with van der Waals surface area (Å²) in [5, 5.41) is 3.07. The molecule has 0 saturated heterocycles. The van der Waals surface area contributed by atoms with Crippen molar-refractivity contribution in [1.29, 1.82) is 0 Å². The molecule has 0 aromatic carbocycles. The molecule has 3 heteroatoms. The van der Waals surface area contributed by atoms with Gasteiger partial charge in [-0.2, -0.15) is 0 Å². The number of hydrogen-bond donors (Lipinski definition) is 1. The van der Waals surface area contributed by atoms with E-state index in [2.05, 4.69) is 19.2 Å². The Morgan fingerprint density at radius 3 is 2.88 bits per heavy atom. The van der Waals surface area contributed by atoms with E-state index in [-0.39, 0.29) is 12.5 Å². The molecule has 1 aliphatic carbocycles. The average Bonchev–Trinajstić information content (AvgIpc) is 2.16. The van der Waals surface area contributed by atoms with Gasteiger partial charge in [0.1, 0.15) is 6.61 Å². The van der Waals surface area contributed by atoms with Gasteiger partial charge in [-0.1, -0.05) is 27.2 Å². The van der Waals surface area contributed by atoms with E-state index in [0.29, 0.717) is 18.1 Å². The van der Waals surface area contributed by atoms with Crippen LogP contribution in [0.2, 0.25) is 0 Å². The predicted octanol–water partition coefficient (Wildman–Crippen LogP) is 2.50.